The van der Waals surface area contributed by atoms with Crippen molar-refractivity contribution in [1.82, 2.24) is 0 Å². The molecule has 0 amide bonds. The Morgan fingerprint density at radius 1 is 1.22 bits per heavy atom. The molecule has 0 unspecified atom stereocenters. The maximum atomic E-state index is 11.2. The number of ether oxygens (including phenoxy) is 1. The quantitative estimate of drug-likeness (QED) is 0.521. The molecule has 6 heteroatoms. The van der Waals surface area contributed by atoms with Crippen molar-refractivity contribution in [3.8, 4) is 16.9 Å². The standard InChI is InChI=1S/C12H12O4S.Na/c1-8-7-11(17(13,14)15)9-5-3-4-6-10(16-2)12(8)9;/h3-7H,1-2H3,(H,13,14,15);/q;+1/p-1. The molecule has 0 aromatic rings. The smallest absolute Gasteiger partial charge is 0.744 e. The van der Waals surface area contributed by atoms with Crippen LogP contribution in [0.25, 0.3) is 11.1 Å². The summed E-state index contributed by atoms with van der Waals surface area (Å²) in [6.07, 6.45) is 0. The molecule has 0 aromatic heterocycles. The average molecular weight is 274 g/mol. The zero-order valence-corrected chi connectivity index (χ0v) is 13.2. The fraction of sp³-hybridized carbons (Fsp3) is 0.167. The van der Waals surface area contributed by atoms with Crippen molar-refractivity contribution in [3.05, 3.63) is 35.9 Å². The van der Waals surface area contributed by atoms with E-state index in [1.807, 2.05) is 0 Å². The Morgan fingerprint density at radius 2 is 1.83 bits per heavy atom. The Labute approximate surface area is 128 Å². The van der Waals surface area contributed by atoms with E-state index in [0.717, 1.165) is 0 Å². The van der Waals surface area contributed by atoms with Gasteiger partial charge in [0, 0.05) is 11.1 Å². The molecule has 0 saturated heterocycles. The van der Waals surface area contributed by atoms with Gasteiger partial charge in [-0.1, -0.05) is 18.2 Å². The summed E-state index contributed by atoms with van der Waals surface area (Å²) in [4.78, 5) is -0.195. The summed E-state index contributed by atoms with van der Waals surface area (Å²) in [5.74, 6) is 0.553. The minimum Gasteiger partial charge on any atom is -0.744 e. The van der Waals surface area contributed by atoms with Gasteiger partial charge in [-0.3, -0.25) is 0 Å². The Hall–Kier alpha value is -0.590. The third-order valence-electron chi connectivity index (χ3n) is 2.63. The van der Waals surface area contributed by atoms with Crippen LogP contribution in [-0.2, 0) is 10.1 Å². The fourth-order valence-corrected chi connectivity index (χ4v) is 2.69. The first-order chi connectivity index (χ1) is 7.95. The number of hydrogen-bond donors (Lipinski definition) is 0. The first kappa shape index (κ1) is 15.5. The maximum absolute atomic E-state index is 11.2. The van der Waals surface area contributed by atoms with E-state index in [0.29, 0.717) is 22.4 Å². The molecule has 0 saturated carbocycles. The van der Waals surface area contributed by atoms with E-state index >= 15 is 0 Å². The van der Waals surface area contributed by atoms with E-state index in [1.54, 1.807) is 31.2 Å². The average Bonchev–Trinajstić information content (AvgIpc) is 2.47. The molecule has 0 aromatic carbocycles. The van der Waals surface area contributed by atoms with Crippen LogP contribution in [0.5, 0.6) is 5.75 Å². The molecule has 2 rings (SSSR count). The van der Waals surface area contributed by atoms with Crippen molar-refractivity contribution in [3.63, 3.8) is 0 Å². The molecule has 0 bridgehead atoms. The number of rotatable bonds is 2. The molecule has 4 nitrogen and oxygen atoms in total. The van der Waals surface area contributed by atoms with Gasteiger partial charge in [-0.15, -0.1) is 0 Å². The van der Waals surface area contributed by atoms with E-state index < -0.39 is 10.1 Å². The van der Waals surface area contributed by atoms with Crippen LogP contribution in [0.1, 0.15) is 5.56 Å². The van der Waals surface area contributed by atoms with Gasteiger partial charge in [0.05, 0.1) is 12.0 Å². The summed E-state index contributed by atoms with van der Waals surface area (Å²) >= 11 is 0. The van der Waals surface area contributed by atoms with Crippen LogP contribution in [0.15, 0.2) is 35.2 Å². The van der Waals surface area contributed by atoms with Crippen molar-refractivity contribution < 1.29 is 47.3 Å². The summed E-state index contributed by atoms with van der Waals surface area (Å²) < 4.78 is 38.7. The summed E-state index contributed by atoms with van der Waals surface area (Å²) in [5.41, 5.74) is 1.77. The minimum atomic E-state index is -4.47. The molecule has 0 heterocycles. The minimum absolute atomic E-state index is 0. The Morgan fingerprint density at radius 3 is 2.39 bits per heavy atom. The van der Waals surface area contributed by atoms with Crippen LogP contribution in [-0.4, -0.2) is 20.1 Å². The van der Waals surface area contributed by atoms with Crippen LogP contribution in [0.4, 0.5) is 0 Å². The summed E-state index contributed by atoms with van der Waals surface area (Å²) in [6, 6.07) is 8.14. The van der Waals surface area contributed by atoms with Gasteiger partial charge in [0.15, 0.2) is 0 Å². The maximum Gasteiger partial charge on any atom is 1.00 e. The Balaban J connectivity index is 0.00000162. The van der Waals surface area contributed by atoms with Gasteiger partial charge in [0.25, 0.3) is 0 Å². The van der Waals surface area contributed by atoms with Gasteiger partial charge in [0.2, 0.25) is 0 Å². The van der Waals surface area contributed by atoms with Crippen molar-refractivity contribution in [2.75, 3.05) is 7.11 Å². The van der Waals surface area contributed by atoms with E-state index in [9.17, 15) is 13.0 Å². The predicted molar refractivity (Wildman–Crippen MR) is 62.3 cm³/mol. The van der Waals surface area contributed by atoms with E-state index in [2.05, 4.69) is 0 Å². The SMILES string of the molecule is COc1ccccc2c(S(=O)(=O)[O-])cc(C)c1-2.[Na+]. The second kappa shape index (κ2) is 5.59. The topological polar surface area (TPSA) is 66.4 Å². The monoisotopic (exact) mass is 274 g/mol. The summed E-state index contributed by atoms with van der Waals surface area (Å²) in [5, 5.41) is 0. The molecule has 0 spiro atoms. The zero-order valence-electron chi connectivity index (χ0n) is 10.4. The Kier molecular flexibility index (Phi) is 4.80. The number of aryl methyl sites for hydroxylation is 1. The molecule has 0 radical (unpaired) electrons. The van der Waals surface area contributed by atoms with Crippen LogP contribution in [0.3, 0.4) is 0 Å². The molecular weight excluding hydrogens is 263 g/mol. The van der Waals surface area contributed by atoms with Crippen molar-refractivity contribution >= 4 is 10.1 Å². The molecule has 90 valence electrons. The van der Waals surface area contributed by atoms with Crippen LogP contribution < -0.4 is 34.3 Å². The predicted octanol–water partition coefficient (Wildman–Crippen LogP) is -0.983. The second-order valence-corrected chi connectivity index (χ2v) is 5.07. The third kappa shape index (κ3) is 2.70. The first-order valence-electron chi connectivity index (χ1n) is 4.97. The summed E-state index contributed by atoms with van der Waals surface area (Å²) in [7, 11) is -2.96. The molecule has 2 aliphatic carbocycles. The molecule has 0 N–H and O–H groups in total. The van der Waals surface area contributed by atoms with Crippen molar-refractivity contribution in [1.29, 1.82) is 0 Å². The molecular formula is C12H11NaO4S. The zero-order chi connectivity index (χ0) is 12.6. The van der Waals surface area contributed by atoms with Gasteiger partial charge >= 0.3 is 29.6 Å². The normalized spacial score (nSPS) is 11.1. The first-order valence-corrected chi connectivity index (χ1v) is 6.38. The van der Waals surface area contributed by atoms with Gasteiger partial charge in [-0.05, 0) is 24.6 Å². The Bertz CT molecular complexity index is 637. The fourth-order valence-electron chi connectivity index (χ4n) is 1.93. The number of hydrogen-bond acceptors (Lipinski definition) is 4. The van der Waals surface area contributed by atoms with Crippen molar-refractivity contribution in [2.45, 2.75) is 11.8 Å². The largest absolute Gasteiger partial charge is 1.00 e. The number of fused-ring (bicyclic) bond motifs is 1. The molecule has 18 heavy (non-hydrogen) atoms. The molecule has 0 aliphatic heterocycles. The summed E-state index contributed by atoms with van der Waals surface area (Å²) in [6.45, 7) is 1.75. The van der Waals surface area contributed by atoms with Gasteiger partial charge in [-0.25, -0.2) is 8.42 Å². The van der Waals surface area contributed by atoms with E-state index in [4.69, 9.17) is 4.74 Å². The van der Waals surface area contributed by atoms with Gasteiger partial charge in [0.1, 0.15) is 15.9 Å². The van der Waals surface area contributed by atoms with Gasteiger partial charge in [-0.2, -0.15) is 0 Å². The molecule has 0 fully saturated rings. The van der Waals surface area contributed by atoms with E-state index in [1.165, 1.54) is 13.2 Å². The van der Waals surface area contributed by atoms with Crippen molar-refractivity contribution in [2.24, 2.45) is 0 Å². The third-order valence-corrected chi connectivity index (χ3v) is 3.51. The van der Waals surface area contributed by atoms with E-state index in [-0.39, 0.29) is 34.5 Å². The number of methoxy groups -OCH3 is 1. The second-order valence-electron chi connectivity index (χ2n) is 3.72. The van der Waals surface area contributed by atoms with Crippen LogP contribution in [0.2, 0.25) is 0 Å². The molecule has 0 atom stereocenters. The van der Waals surface area contributed by atoms with Gasteiger partial charge < -0.3 is 9.29 Å². The molecule has 2 aliphatic rings. The van der Waals surface area contributed by atoms with Crippen LogP contribution in [0, 0.1) is 6.92 Å². The van der Waals surface area contributed by atoms with Crippen LogP contribution >= 0.6 is 0 Å².